The lowest BCUT2D eigenvalue weighted by molar-refractivity contribution is -0.128. The van der Waals surface area contributed by atoms with Gasteiger partial charge >= 0.3 is 0 Å². The summed E-state index contributed by atoms with van der Waals surface area (Å²) in [5.74, 6) is 0.367. The Bertz CT molecular complexity index is 832. The van der Waals surface area contributed by atoms with Crippen LogP contribution in [0.3, 0.4) is 0 Å². The highest BCUT2D eigenvalue weighted by molar-refractivity contribution is 7.99. The Kier molecular flexibility index (Phi) is 7.19. The van der Waals surface area contributed by atoms with Crippen molar-refractivity contribution >= 4 is 17.7 Å². The second-order valence-electron chi connectivity index (χ2n) is 5.66. The van der Waals surface area contributed by atoms with Gasteiger partial charge in [0.1, 0.15) is 0 Å². The van der Waals surface area contributed by atoms with Crippen molar-refractivity contribution in [1.82, 2.24) is 15.1 Å². The first-order chi connectivity index (χ1) is 12.5. The molecule has 0 saturated heterocycles. The number of amides is 1. The molecule has 1 aromatic carbocycles. The van der Waals surface area contributed by atoms with Gasteiger partial charge in [0.25, 0.3) is 5.22 Å². The average Bonchev–Trinajstić information content (AvgIpc) is 3.11. The number of rotatable bonds is 8. The molecule has 0 radical (unpaired) electrons. The van der Waals surface area contributed by atoms with E-state index < -0.39 is 0 Å². The van der Waals surface area contributed by atoms with Crippen molar-refractivity contribution in [3.8, 4) is 23.6 Å². The molecule has 0 spiro atoms. The van der Waals surface area contributed by atoms with E-state index in [1.54, 1.807) is 0 Å². The number of hydrogen-bond acceptors (Lipinski definition) is 7. The SMILES string of the molecule is Cc1ccc(-c2nnc(SCC(=O)N(CCC#N)CCC#N)o2)cc1C. The summed E-state index contributed by atoms with van der Waals surface area (Å²) in [7, 11) is 0. The molecule has 0 saturated carbocycles. The maximum Gasteiger partial charge on any atom is 0.277 e. The van der Waals surface area contributed by atoms with Crippen LogP contribution in [0.5, 0.6) is 0 Å². The zero-order chi connectivity index (χ0) is 18.9. The summed E-state index contributed by atoms with van der Waals surface area (Å²) in [6, 6.07) is 9.91. The predicted octanol–water partition coefficient (Wildman–Crippen LogP) is 3.10. The number of carbonyl (C=O) groups excluding carboxylic acids is 1. The van der Waals surface area contributed by atoms with Crippen LogP contribution in [0.4, 0.5) is 0 Å². The summed E-state index contributed by atoms with van der Waals surface area (Å²) >= 11 is 1.15. The fourth-order valence-corrected chi connectivity index (χ4v) is 2.87. The fourth-order valence-electron chi connectivity index (χ4n) is 2.21. The van der Waals surface area contributed by atoms with E-state index in [9.17, 15) is 4.79 Å². The zero-order valence-electron chi connectivity index (χ0n) is 14.7. The van der Waals surface area contributed by atoms with Crippen molar-refractivity contribution in [1.29, 1.82) is 10.5 Å². The molecule has 0 aliphatic carbocycles. The van der Waals surface area contributed by atoms with Crippen LogP contribution < -0.4 is 0 Å². The molecule has 0 N–H and O–H groups in total. The van der Waals surface area contributed by atoms with E-state index in [2.05, 4.69) is 10.2 Å². The minimum atomic E-state index is -0.161. The summed E-state index contributed by atoms with van der Waals surface area (Å²) in [5.41, 5.74) is 3.16. The monoisotopic (exact) mass is 369 g/mol. The standard InChI is InChI=1S/C18H19N5O2S/c1-13-5-6-15(11-14(13)2)17-21-22-18(25-17)26-12-16(24)23(9-3-7-19)10-4-8-20/h5-6,11H,3-4,9-10,12H2,1-2H3. The third-order valence-electron chi connectivity index (χ3n) is 3.82. The van der Waals surface area contributed by atoms with Gasteiger partial charge in [0, 0.05) is 18.7 Å². The summed E-state index contributed by atoms with van der Waals surface area (Å²) < 4.78 is 5.62. The number of thioether (sulfide) groups is 1. The highest BCUT2D eigenvalue weighted by Crippen LogP contribution is 2.25. The quantitative estimate of drug-likeness (QED) is 0.658. The van der Waals surface area contributed by atoms with Gasteiger partial charge < -0.3 is 9.32 Å². The Balaban J connectivity index is 1.97. The number of aromatic nitrogens is 2. The molecule has 0 aliphatic rings. The third kappa shape index (κ3) is 5.33. The van der Waals surface area contributed by atoms with Crippen LogP contribution in [0.2, 0.25) is 0 Å². The first-order valence-corrected chi connectivity index (χ1v) is 9.09. The van der Waals surface area contributed by atoms with Crippen LogP contribution in [0, 0.1) is 36.5 Å². The van der Waals surface area contributed by atoms with Gasteiger partial charge in [-0.3, -0.25) is 4.79 Å². The highest BCUT2D eigenvalue weighted by atomic mass is 32.2. The Labute approximate surface area is 156 Å². The number of carbonyl (C=O) groups is 1. The van der Waals surface area contributed by atoms with Crippen molar-refractivity contribution in [2.24, 2.45) is 0 Å². The molecule has 0 bridgehead atoms. The van der Waals surface area contributed by atoms with Gasteiger partial charge in [-0.2, -0.15) is 10.5 Å². The van der Waals surface area contributed by atoms with E-state index in [1.165, 1.54) is 10.5 Å². The Morgan fingerprint density at radius 3 is 2.46 bits per heavy atom. The van der Waals surface area contributed by atoms with Crippen LogP contribution >= 0.6 is 11.8 Å². The van der Waals surface area contributed by atoms with Crippen LogP contribution in [0.25, 0.3) is 11.5 Å². The Morgan fingerprint density at radius 2 is 1.85 bits per heavy atom. The van der Waals surface area contributed by atoms with E-state index in [1.807, 2.05) is 44.2 Å². The smallest absolute Gasteiger partial charge is 0.277 e. The summed E-state index contributed by atoms with van der Waals surface area (Å²) in [4.78, 5) is 13.8. The number of aryl methyl sites for hydroxylation is 2. The topological polar surface area (TPSA) is 107 Å². The van der Waals surface area contributed by atoms with Gasteiger partial charge in [0.05, 0.1) is 30.7 Å². The second kappa shape index (κ2) is 9.59. The van der Waals surface area contributed by atoms with E-state index in [0.717, 1.165) is 22.9 Å². The van der Waals surface area contributed by atoms with Crippen molar-refractivity contribution in [2.75, 3.05) is 18.8 Å². The fraction of sp³-hybridized carbons (Fsp3) is 0.389. The Morgan fingerprint density at radius 1 is 1.15 bits per heavy atom. The van der Waals surface area contributed by atoms with E-state index in [-0.39, 0.29) is 24.5 Å². The first kappa shape index (κ1) is 19.5. The number of nitriles is 2. The maximum atomic E-state index is 12.3. The molecule has 1 heterocycles. The molecule has 1 aromatic heterocycles. The summed E-state index contributed by atoms with van der Waals surface area (Å²) in [6.45, 7) is 4.68. The van der Waals surface area contributed by atoms with E-state index in [4.69, 9.17) is 14.9 Å². The zero-order valence-corrected chi connectivity index (χ0v) is 15.5. The van der Waals surface area contributed by atoms with Crippen LogP contribution in [-0.4, -0.2) is 39.8 Å². The second-order valence-corrected chi connectivity index (χ2v) is 6.58. The van der Waals surface area contributed by atoms with Gasteiger partial charge in [0.2, 0.25) is 11.8 Å². The highest BCUT2D eigenvalue weighted by Gasteiger charge is 2.16. The molecule has 0 fully saturated rings. The average molecular weight is 369 g/mol. The molecule has 8 heteroatoms. The maximum absolute atomic E-state index is 12.3. The molecule has 0 aliphatic heterocycles. The molecular formula is C18H19N5O2S. The molecule has 2 rings (SSSR count). The van der Waals surface area contributed by atoms with Crippen molar-refractivity contribution in [3.63, 3.8) is 0 Å². The van der Waals surface area contributed by atoms with Gasteiger partial charge in [-0.1, -0.05) is 17.8 Å². The Hall–Kier alpha value is -2.84. The van der Waals surface area contributed by atoms with Gasteiger partial charge in [0.15, 0.2) is 0 Å². The molecule has 0 atom stereocenters. The summed E-state index contributed by atoms with van der Waals surface area (Å²) in [5, 5.41) is 25.7. The first-order valence-electron chi connectivity index (χ1n) is 8.10. The lowest BCUT2D eigenvalue weighted by Crippen LogP contribution is -2.34. The van der Waals surface area contributed by atoms with Crippen LogP contribution in [0.1, 0.15) is 24.0 Å². The molecule has 0 unspecified atom stereocenters. The molecule has 7 nitrogen and oxygen atoms in total. The number of benzene rings is 1. The minimum absolute atomic E-state index is 0.116. The molecule has 1 amide bonds. The molecule has 2 aromatic rings. The lowest BCUT2D eigenvalue weighted by Gasteiger charge is -2.19. The van der Waals surface area contributed by atoms with E-state index >= 15 is 0 Å². The van der Waals surface area contributed by atoms with Gasteiger partial charge in [-0.05, 0) is 37.1 Å². The normalized spacial score (nSPS) is 10.2. The lowest BCUT2D eigenvalue weighted by atomic mass is 10.1. The van der Waals surface area contributed by atoms with Crippen LogP contribution in [-0.2, 0) is 4.79 Å². The van der Waals surface area contributed by atoms with Crippen LogP contribution in [0.15, 0.2) is 27.8 Å². The van der Waals surface area contributed by atoms with Crippen molar-refractivity contribution < 1.29 is 9.21 Å². The number of hydrogen-bond donors (Lipinski definition) is 0. The van der Waals surface area contributed by atoms with E-state index in [0.29, 0.717) is 24.2 Å². The molecule has 134 valence electrons. The largest absolute Gasteiger partial charge is 0.411 e. The summed E-state index contributed by atoms with van der Waals surface area (Å²) in [6.07, 6.45) is 0.471. The third-order valence-corrected chi connectivity index (χ3v) is 4.62. The van der Waals surface area contributed by atoms with Gasteiger partial charge in [-0.25, -0.2) is 0 Å². The number of nitrogens with zero attached hydrogens (tertiary/aromatic N) is 5. The minimum Gasteiger partial charge on any atom is -0.411 e. The molecular weight excluding hydrogens is 350 g/mol. The predicted molar refractivity (Wildman–Crippen MR) is 97.0 cm³/mol. The van der Waals surface area contributed by atoms with Crippen molar-refractivity contribution in [3.05, 3.63) is 29.3 Å². The molecule has 26 heavy (non-hydrogen) atoms. The van der Waals surface area contributed by atoms with Gasteiger partial charge in [-0.15, -0.1) is 10.2 Å². The van der Waals surface area contributed by atoms with Crippen molar-refractivity contribution in [2.45, 2.75) is 31.9 Å².